The Bertz CT molecular complexity index is 10000. The van der Waals surface area contributed by atoms with Gasteiger partial charge in [0, 0.05) is 149 Å². The second kappa shape index (κ2) is 36.3. The van der Waals surface area contributed by atoms with Gasteiger partial charge in [-0.1, -0.05) is 358 Å². The topological polar surface area (TPSA) is 53.5 Å². The van der Waals surface area contributed by atoms with Crippen LogP contribution >= 0.6 is 34.0 Å². The van der Waals surface area contributed by atoms with Crippen LogP contribution in [0.5, 0.6) is 0 Å². The summed E-state index contributed by atoms with van der Waals surface area (Å²) in [6, 6.07) is 188. The summed E-state index contributed by atoms with van der Waals surface area (Å²) in [4.78, 5) is 16.1. The van der Waals surface area contributed by atoms with Crippen molar-refractivity contribution in [3.05, 3.63) is 522 Å². The maximum Gasteiger partial charge on any atom is 0.0722 e. The van der Waals surface area contributed by atoms with E-state index in [0.29, 0.717) is 0 Å². The van der Waals surface area contributed by atoms with E-state index in [2.05, 4.69) is 535 Å². The SMILES string of the molecule is c1ccc(-c2cc(-c3ccc4c(c3)c3ccccc3n4-c3ccccc3)cc(-c3ccc4sc5ccccc5c4c3)n2)cc1.c1ccc(-c2cccc(-c3cc(-c4ccc5c6ccccc6n(-c6ccccc6)c5c4)cc(-c4ccc5c(c4)sc4ccccc45)n3)c2)cc1.c1ccc(-c2cccc(-c3cc(-c4cccc5c6ccccc6n(-c6ccccc6)c45)cc(-c4cccc5sc6ccccc6c45)n3)c2)cc1. The zero-order valence-electron chi connectivity index (χ0n) is 78.1. The summed E-state index contributed by atoms with van der Waals surface area (Å²) < 4.78 is 14.9. The zero-order chi connectivity index (χ0) is 95.1. The molecule has 9 aromatic heterocycles. The zero-order valence-corrected chi connectivity index (χ0v) is 80.5. The fourth-order valence-corrected chi connectivity index (χ4v) is 24.8. The molecular weight excluding hydrogens is 1800 g/mol. The van der Waals surface area contributed by atoms with Crippen molar-refractivity contribution in [1.82, 2.24) is 28.7 Å². The van der Waals surface area contributed by atoms with E-state index in [0.717, 1.165) is 101 Å². The molecule has 0 atom stereocenters. The Hall–Kier alpha value is -18.1. The fourth-order valence-electron chi connectivity index (χ4n) is 21.4. The summed E-state index contributed by atoms with van der Waals surface area (Å²) in [5.74, 6) is 0. The molecule has 0 saturated heterocycles. The van der Waals surface area contributed by atoms with Crippen molar-refractivity contribution in [3.63, 3.8) is 0 Å². The minimum absolute atomic E-state index is 0.950. The smallest absolute Gasteiger partial charge is 0.0722 e. The largest absolute Gasteiger partial charge is 0.309 e. The molecule has 0 aliphatic carbocycles. The van der Waals surface area contributed by atoms with E-state index in [1.54, 1.807) is 0 Å². The molecule has 0 N–H and O–H groups in total. The van der Waals surface area contributed by atoms with Crippen molar-refractivity contribution >= 4 is 160 Å². The minimum Gasteiger partial charge on any atom is -0.309 e. The van der Waals surface area contributed by atoms with Gasteiger partial charge >= 0.3 is 0 Å². The third-order valence-corrected chi connectivity index (χ3v) is 31.6. The van der Waals surface area contributed by atoms with Gasteiger partial charge in [-0.25, -0.2) is 15.0 Å². The molecule has 0 aliphatic heterocycles. The van der Waals surface area contributed by atoms with Crippen molar-refractivity contribution in [2.75, 3.05) is 0 Å². The van der Waals surface area contributed by atoms with Crippen LogP contribution in [0.3, 0.4) is 0 Å². The molecular formula is C135H86N6S3. The lowest BCUT2D eigenvalue weighted by atomic mass is 9.95. The van der Waals surface area contributed by atoms with Crippen molar-refractivity contribution in [1.29, 1.82) is 0 Å². The monoisotopic (exact) mass is 1890 g/mol. The summed E-state index contributed by atoms with van der Waals surface area (Å²) in [5.41, 5.74) is 34.8. The summed E-state index contributed by atoms with van der Waals surface area (Å²) in [6.45, 7) is 0. The first-order valence-corrected chi connectivity index (χ1v) is 51.3. The highest BCUT2D eigenvalue weighted by Crippen LogP contribution is 2.48. The Balaban J connectivity index is 0.000000108. The molecule has 674 valence electrons. The second-order valence-electron chi connectivity index (χ2n) is 36.8. The van der Waals surface area contributed by atoms with E-state index in [9.17, 15) is 0 Å². The van der Waals surface area contributed by atoms with Crippen LogP contribution in [0.1, 0.15) is 0 Å². The number of pyridine rings is 3. The number of nitrogens with zero attached hydrogens (tertiary/aromatic N) is 6. The van der Waals surface area contributed by atoms with Gasteiger partial charge in [0.25, 0.3) is 0 Å². The predicted molar refractivity (Wildman–Crippen MR) is 614 cm³/mol. The minimum atomic E-state index is 0.950. The Labute approximate surface area is 843 Å². The summed E-state index contributed by atoms with van der Waals surface area (Å²) in [6.07, 6.45) is 0. The van der Waals surface area contributed by atoms with Crippen LogP contribution in [-0.4, -0.2) is 28.7 Å². The molecule has 144 heavy (non-hydrogen) atoms. The number of fused-ring (bicyclic) bond motifs is 18. The van der Waals surface area contributed by atoms with Gasteiger partial charge in [-0.3, -0.25) is 0 Å². The molecule has 0 fully saturated rings. The van der Waals surface area contributed by atoms with Crippen LogP contribution in [0.4, 0.5) is 0 Å². The van der Waals surface area contributed by atoms with Crippen LogP contribution in [0, 0.1) is 0 Å². The highest BCUT2D eigenvalue weighted by molar-refractivity contribution is 7.26. The molecule has 0 saturated carbocycles. The van der Waals surface area contributed by atoms with Gasteiger partial charge in [0.1, 0.15) is 0 Å². The van der Waals surface area contributed by atoms with Crippen LogP contribution in [0.2, 0.25) is 0 Å². The maximum absolute atomic E-state index is 5.47. The number of hydrogen-bond donors (Lipinski definition) is 0. The number of aromatic nitrogens is 6. The molecule has 0 radical (unpaired) electrons. The van der Waals surface area contributed by atoms with Gasteiger partial charge < -0.3 is 13.7 Å². The molecule has 9 heteroatoms. The highest BCUT2D eigenvalue weighted by atomic mass is 32.1. The predicted octanol–water partition coefficient (Wildman–Crippen LogP) is 38.0. The van der Waals surface area contributed by atoms with Gasteiger partial charge in [-0.05, 0) is 214 Å². The van der Waals surface area contributed by atoms with Gasteiger partial charge in [0.05, 0.1) is 67.3 Å². The van der Waals surface area contributed by atoms with Gasteiger partial charge in [-0.2, -0.15) is 0 Å². The van der Waals surface area contributed by atoms with Crippen molar-refractivity contribution in [2.24, 2.45) is 0 Å². The first-order chi connectivity index (χ1) is 71.4. The molecule has 0 amide bonds. The maximum atomic E-state index is 5.47. The lowest BCUT2D eigenvalue weighted by Gasteiger charge is -2.15. The average Bonchev–Trinajstić information content (AvgIpc) is 1.57. The van der Waals surface area contributed by atoms with Crippen LogP contribution in [0.25, 0.3) is 266 Å². The Morgan fingerprint density at radius 2 is 0.458 bits per heavy atom. The molecule has 0 aliphatic rings. The molecule has 6 nitrogen and oxygen atoms in total. The van der Waals surface area contributed by atoms with E-state index in [1.165, 1.54) is 165 Å². The standard InChI is InChI=1S/2C47H30N2S.C41H26N2S/c1-3-14-31(15-4-1)32-16-11-17-33(28-32)41-29-34(30-42(48-41)39-24-13-27-45-46(39)40-21-8-10-26-44(40)50-45)36-22-12-23-38-37-20-7-9-25-43(37)49(47(36)38)35-18-5-2-6-19-35;1-3-12-31(13-4-1)32-14-11-15-34(26-32)42-27-36(28-43(48-42)35-23-25-41-40-19-8-10-21-46(40)50-47(41)30-35)33-22-24-39-38-18-7-9-20-44(38)49(45(39)29-33)37-16-5-2-6-17-37;1-3-11-27(12-4-1)36-25-30(26-37(42-36)29-20-22-41-35(24-29)33-16-8-10-18-40(33)44-41)28-19-21-39-34(23-28)32-15-7-9-17-38(32)43(39)31-13-5-2-6-14-31/h2*1-30H;1-26H. The number of para-hydroxylation sites is 7. The Morgan fingerprint density at radius 1 is 0.139 bits per heavy atom. The summed E-state index contributed by atoms with van der Waals surface area (Å²) >= 11 is 5.53. The van der Waals surface area contributed by atoms with Crippen molar-refractivity contribution in [2.45, 2.75) is 0 Å². The Kier molecular flexibility index (Phi) is 21.4. The van der Waals surface area contributed by atoms with E-state index in [4.69, 9.17) is 15.0 Å². The van der Waals surface area contributed by atoms with Crippen molar-refractivity contribution < 1.29 is 0 Å². The summed E-state index contributed by atoms with van der Waals surface area (Å²) in [7, 11) is 0. The lowest BCUT2D eigenvalue weighted by molar-refractivity contribution is 1.18. The van der Waals surface area contributed by atoms with E-state index >= 15 is 0 Å². The number of thiophene rings is 3. The average molecular weight is 1890 g/mol. The van der Waals surface area contributed by atoms with Crippen LogP contribution in [-0.2, 0) is 0 Å². The number of rotatable bonds is 14. The molecule has 9 heterocycles. The molecule has 0 bridgehead atoms. The van der Waals surface area contributed by atoms with Gasteiger partial charge in [0.2, 0.25) is 0 Å². The number of benzene rings is 20. The normalized spacial score (nSPS) is 11.6. The molecule has 0 spiro atoms. The quantitative estimate of drug-likeness (QED) is 0.109. The highest BCUT2D eigenvalue weighted by Gasteiger charge is 2.25. The molecule has 20 aromatic carbocycles. The van der Waals surface area contributed by atoms with Gasteiger partial charge in [-0.15, -0.1) is 34.0 Å². The molecule has 29 aromatic rings. The fraction of sp³-hybridized carbons (Fsp3) is 0. The molecule has 29 rings (SSSR count). The summed E-state index contributed by atoms with van der Waals surface area (Å²) in [5, 5.41) is 15.2. The Morgan fingerprint density at radius 3 is 1.06 bits per heavy atom. The molecule has 0 unspecified atom stereocenters. The lowest BCUT2D eigenvalue weighted by Crippen LogP contribution is -1.96. The first kappa shape index (κ1) is 85.1. The second-order valence-corrected chi connectivity index (χ2v) is 40.0. The van der Waals surface area contributed by atoms with Crippen LogP contribution in [0.15, 0.2) is 522 Å². The van der Waals surface area contributed by atoms with Gasteiger partial charge in [0.15, 0.2) is 0 Å². The van der Waals surface area contributed by atoms with E-state index < -0.39 is 0 Å². The third-order valence-electron chi connectivity index (χ3n) is 28.2. The van der Waals surface area contributed by atoms with E-state index in [-0.39, 0.29) is 0 Å². The number of hydrogen-bond acceptors (Lipinski definition) is 6. The van der Waals surface area contributed by atoms with Crippen molar-refractivity contribution in [3.8, 4) is 140 Å². The third kappa shape index (κ3) is 15.5. The van der Waals surface area contributed by atoms with Crippen LogP contribution < -0.4 is 0 Å². The van der Waals surface area contributed by atoms with E-state index in [1.807, 2.05) is 34.0 Å². The first-order valence-electron chi connectivity index (χ1n) is 48.8.